The van der Waals surface area contributed by atoms with E-state index in [1.54, 1.807) is 25.1 Å². The number of carbonyl (C=O) groups is 1. The second kappa shape index (κ2) is 4.35. The number of aryl methyl sites for hydroxylation is 1. The van der Waals surface area contributed by atoms with Gasteiger partial charge in [0.1, 0.15) is 24.7 Å². The number of benzene rings is 1. The average Bonchev–Trinajstić information content (AvgIpc) is 2.80. The molecule has 0 spiro atoms. The molecule has 2 aromatic rings. The molecule has 1 aliphatic rings. The molecule has 0 amide bonds. The molecule has 5 nitrogen and oxygen atoms in total. The largest absolute Gasteiger partial charge is 0.545 e. The van der Waals surface area contributed by atoms with Crippen molar-refractivity contribution in [2.45, 2.75) is 6.92 Å². The highest BCUT2D eigenvalue weighted by molar-refractivity contribution is 5.88. The molecular weight excluding hydrogens is 248 g/mol. The summed E-state index contributed by atoms with van der Waals surface area (Å²) in [5.41, 5.74) is 0.796. The maximum atomic E-state index is 10.9. The number of carbonyl (C=O) groups excluding carboxylic acids is 1. The molecule has 0 radical (unpaired) electrons. The fourth-order valence-corrected chi connectivity index (χ4v) is 2.02. The third-order valence-electron chi connectivity index (χ3n) is 2.96. The first kappa shape index (κ1) is 11.6. The van der Waals surface area contributed by atoms with Crippen molar-refractivity contribution >= 4 is 5.97 Å². The highest BCUT2D eigenvalue weighted by atomic mass is 16.6. The highest BCUT2D eigenvalue weighted by Crippen LogP contribution is 2.35. The van der Waals surface area contributed by atoms with Crippen molar-refractivity contribution in [2.75, 3.05) is 13.2 Å². The van der Waals surface area contributed by atoms with Crippen molar-refractivity contribution in [3.05, 3.63) is 35.6 Å². The van der Waals surface area contributed by atoms with Crippen LogP contribution < -0.4 is 14.6 Å². The van der Waals surface area contributed by atoms with Crippen LogP contribution in [0.1, 0.15) is 16.1 Å². The topological polar surface area (TPSA) is 71.7 Å². The van der Waals surface area contributed by atoms with Crippen LogP contribution in [0.15, 0.2) is 28.7 Å². The van der Waals surface area contributed by atoms with E-state index in [4.69, 9.17) is 13.9 Å². The molecule has 0 bridgehead atoms. The molecule has 2 heterocycles. The molecule has 1 aromatic heterocycles. The molecule has 1 aliphatic heterocycles. The van der Waals surface area contributed by atoms with Crippen molar-refractivity contribution in [1.82, 2.24) is 0 Å². The van der Waals surface area contributed by atoms with E-state index >= 15 is 0 Å². The Morgan fingerprint density at radius 2 is 1.89 bits per heavy atom. The minimum atomic E-state index is -1.25. The van der Waals surface area contributed by atoms with Crippen LogP contribution in [0.2, 0.25) is 0 Å². The molecule has 3 rings (SSSR count). The van der Waals surface area contributed by atoms with Gasteiger partial charge in [0.15, 0.2) is 11.5 Å². The lowest BCUT2D eigenvalue weighted by atomic mass is 10.1. The van der Waals surface area contributed by atoms with Gasteiger partial charge in [-0.2, -0.15) is 0 Å². The Kier molecular flexibility index (Phi) is 2.67. The Hall–Kier alpha value is -2.43. The van der Waals surface area contributed by atoms with Crippen LogP contribution in [0.4, 0.5) is 0 Å². The predicted molar refractivity (Wildman–Crippen MR) is 64.2 cm³/mol. The smallest absolute Gasteiger partial charge is 0.162 e. The van der Waals surface area contributed by atoms with Gasteiger partial charge in [0.2, 0.25) is 0 Å². The molecule has 19 heavy (non-hydrogen) atoms. The molecule has 5 heteroatoms. The van der Waals surface area contributed by atoms with Crippen LogP contribution in [0.3, 0.4) is 0 Å². The monoisotopic (exact) mass is 259 g/mol. The van der Waals surface area contributed by atoms with E-state index in [2.05, 4.69) is 0 Å². The first-order chi connectivity index (χ1) is 9.15. The molecule has 1 aromatic carbocycles. The maximum Gasteiger partial charge on any atom is 0.162 e. The lowest BCUT2D eigenvalue weighted by Gasteiger charge is -2.18. The Balaban J connectivity index is 2.02. The van der Waals surface area contributed by atoms with Gasteiger partial charge in [-0.25, -0.2) is 0 Å². The van der Waals surface area contributed by atoms with E-state index in [1.807, 2.05) is 0 Å². The first-order valence-corrected chi connectivity index (χ1v) is 5.87. The number of ether oxygens (including phenoxy) is 2. The Morgan fingerprint density at radius 1 is 1.16 bits per heavy atom. The quantitative estimate of drug-likeness (QED) is 0.815. The number of aromatic carboxylic acids is 1. The van der Waals surface area contributed by atoms with Gasteiger partial charge in [-0.15, -0.1) is 0 Å². The Labute approximate surface area is 109 Å². The minimum absolute atomic E-state index is 0.0601. The summed E-state index contributed by atoms with van der Waals surface area (Å²) < 4.78 is 16.3. The summed E-state index contributed by atoms with van der Waals surface area (Å²) in [5.74, 6) is 0.856. The number of carboxylic acids is 1. The summed E-state index contributed by atoms with van der Waals surface area (Å²) in [7, 11) is 0. The van der Waals surface area contributed by atoms with E-state index in [0.717, 1.165) is 5.56 Å². The lowest BCUT2D eigenvalue weighted by molar-refractivity contribution is -0.255. The van der Waals surface area contributed by atoms with Gasteiger partial charge >= 0.3 is 0 Å². The number of fused-ring (bicyclic) bond motifs is 1. The standard InChI is InChI=1S/C14H12O5/c1-8-10(14(15)16)7-12(19-8)9-2-3-11-13(6-9)18-5-4-17-11/h2-3,6-7H,4-5H2,1H3,(H,15,16)/p-1. The molecule has 0 atom stereocenters. The molecule has 0 unspecified atom stereocenters. The summed E-state index contributed by atoms with van der Waals surface area (Å²) in [6.45, 7) is 2.62. The van der Waals surface area contributed by atoms with Crippen molar-refractivity contribution < 1.29 is 23.8 Å². The first-order valence-electron chi connectivity index (χ1n) is 5.87. The van der Waals surface area contributed by atoms with Gasteiger partial charge in [0.25, 0.3) is 0 Å². The van der Waals surface area contributed by atoms with E-state index < -0.39 is 5.97 Å². The van der Waals surface area contributed by atoms with E-state index in [9.17, 15) is 9.90 Å². The van der Waals surface area contributed by atoms with Crippen LogP contribution in [-0.4, -0.2) is 19.2 Å². The van der Waals surface area contributed by atoms with E-state index in [1.165, 1.54) is 6.07 Å². The van der Waals surface area contributed by atoms with Crippen LogP contribution >= 0.6 is 0 Å². The molecule has 98 valence electrons. The second-order valence-corrected chi connectivity index (χ2v) is 4.23. The summed E-state index contributed by atoms with van der Waals surface area (Å²) >= 11 is 0. The van der Waals surface area contributed by atoms with Gasteiger partial charge in [-0.05, 0) is 31.2 Å². The molecule has 0 saturated carbocycles. The van der Waals surface area contributed by atoms with Crippen LogP contribution in [0, 0.1) is 6.92 Å². The summed E-state index contributed by atoms with van der Waals surface area (Å²) in [6.07, 6.45) is 0. The fraction of sp³-hybridized carbons (Fsp3) is 0.214. The number of hydrogen-bond acceptors (Lipinski definition) is 5. The van der Waals surface area contributed by atoms with Crippen LogP contribution in [0.25, 0.3) is 11.3 Å². The SMILES string of the molecule is Cc1oc(-c2ccc3c(c2)OCCO3)cc1C(=O)[O-]. The lowest BCUT2D eigenvalue weighted by Crippen LogP contribution is -2.22. The fourth-order valence-electron chi connectivity index (χ4n) is 2.02. The van der Waals surface area contributed by atoms with Crippen molar-refractivity contribution in [3.8, 4) is 22.8 Å². The number of rotatable bonds is 2. The van der Waals surface area contributed by atoms with Crippen LogP contribution in [0.5, 0.6) is 11.5 Å². The van der Waals surface area contributed by atoms with Gasteiger partial charge in [-0.3, -0.25) is 0 Å². The van der Waals surface area contributed by atoms with Gasteiger partial charge in [0.05, 0.1) is 5.97 Å². The predicted octanol–water partition coefficient (Wildman–Crippen LogP) is 1.39. The molecule has 0 fully saturated rings. The third-order valence-corrected chi connectivity index (χ3v) is 2.96. The molecule has 0 saturated heterocycles. The summed E-state index contributed by atoms with van der Waals surface area (Å²) in [6, 6.07) is 6.80. The number of hydrogen-bond donors (Lipinski definition) is 0. The summed E-state index contributed by atoms with van der Waals surface area (Å²) in [4.78, 5) is 10.9. The Bertz CT molecular complexity index is 641. The Morgan fingerprint density at radius 3 is 2.58 bits per heavy atom. The zero-order chi connectivity index (χ0) is 13.4. The zero-order valence-corrected chi connectivity index (χ0v) is 10.3. The van der Waals surface area contributed by atoms with Crippen molar-refractivity contribution in [2.24, 2.45) is 0 Å². The number of furan rings is 1. The second-order valence-electron chi connectivity index (χ2n) is 4.23. The van der Waals surface area contributed by atoms with Crippen LogP contribution in [-0.2, 0) is 0 Å². The van der Waals surface area contributed by atoms with E-state index in [0.29, 0.717) is 36.2 Å². The third kappa shape index (κ3) is 2.03. The zero-order valence-electron chi connectivity index (χ0n) is 10.3. The van der Waals surface area contributed by atoms with Gasteiger partial charge in [0, 0.05) is 11.1 Å². The van der Waals surface area contributed by atoms with Gasteiger partial charge in [-0.1, -0.05) is 0 Å². The van der Waals surface area contributed by atoms with Crippen molar-refractivity contribution in [3.63, 3.8) is 0 Å². The molecule has 0 N–H and O–H groups in total. The average molecular weight is 259 g/mol. The van der Waals surface area contributed by atoms with E-state index in [-0.39, 0.29) is 5.56 Å². The normalized spacial score (nSPS) is 13.3. The highest BCUT2D eigenvalue weighted by Gasteiger charge is 2.15. The number of carboxylic acid groups (broad SMARTS) is 1. The maximum absolute atomic E-state index is 10.9. The molecule has 0 aliphatic carbocycles. The van der Waals surface area contributed by atoms with Crippen molar-refractivity contribution in [1.29, 1.82) is 0 Å². The molecular formula is C14H11O5-. The summed E-state index contributed by atoms with van der Waals surface area (Å²) in [5, 5.41) is 10.9. The van der Waals surface area contributed by atoms with Gasteiger partial charge < -0.3 is 23.8 Å². The minimum Gasteiger partial charge on any atom is -0.545 e.